The fourth-order valence-electron chi connectivity index (χ4n) is 0.865. The molecule has 1 heterocycles. The molecule has 1 aliphatic rings. The van der Waals surface area contributed by atoms with E-state index in [4.69, 9.17) is 0 Å². The van der Waals surface area contributed by atoms with Crippen LogP contribution in [0.5, 0.6) is 0 Å². The van der Waals surface area contributed by atoms with Crippen molar-refractivity contribution in [3.63, 3.8) is 0 Å². The monoisotopic (exact) mass is 187 g/mol. The van der Waals surface area contributed by atoms with Gasteiger partial charge in [0.2, 0.25) is 0 Å². The van der Waals surface area contributed by atoms with E-state index in [2.05, 4.69) is 33.9 Å². The third kappa shape index (κ3) is 1.94. The van der Waals surface area contributed by atoms with Gasteiger partial charge in [-0.05, 0) is 40.8 Å². The van der Waals surface area contributed by atoms with Gasteiger partial charge in [0.1, 0.15) is 4.61 Å². The van der Waals surface area contributed by atoms with E-state index in [1.54, 1.807) is 0 Å². The summed E-state index contributed by atoms with van der Waals surface area (Å²) in [5.74, 6) is 0.705. The molecule has 0 radical (unpaired) electrons. The highest BCUT2D eigenvalue weighted by Gasteiger charge is 2.04. The molecule has 1 atom stereocenters. The average molecular weight is 188 g/mol. The summed E-state index contributed by atoms with van der Waals surface area (Å²) in [5.41, 5.74) is 0. The molecule has 0 N–H and O–H groups in total. The molecule has 0 bridgehead atoms. The van der Waals surface area contributed by atoms with Crippen LogP contribution < -0.4 is 0 Å². The van der Waals surface area contributed by atoms with Gasteiger partial charge in [-0.3, -0.25) is 4.99 Å². The Morgan fingerprint density at radius 3 is 3.11 bits per heavy atom. The Morgan fingerprint density at radius 1 is 1.89 bits per heavy atom. The summed E-state index contributed by atoms with van der Waals surface area (Å²) in [6.07, 6.45) is 6.45. The Balaban J connectivity index is 2.55. The molecule has 1 unspecified atom stereocenters. The van der Waals surface area contributed by atoms with E-state index in [1.807, 2.05) is 6.21 Å². The van der Waals surface area contributed by atoms with Crippen molar-refractivity contribution in [3.8, 4) is 0 Å². The van der Waals surface area contributed by atoms with Crippen LogP contribution in [0.4, 0.5) is 0 Å². The summed E-state index contributed by atoms with van der Waals surface area (Å²) in [7, 11) is 0. The van der Waals surface area contributed by atoms with Crippen LogP contribution in [-0.4, -0.2) is 6.21 Å². The predicted molar refractivity (Wildman–Crippen MR) is 43.9 cm³/mol. The van der Waals surface area contributed by atoms with Gasteiger partial charge < -0.3 is 0 Å². The Hall–Kier alpha value is -0.110. The van der Waals surface area contributed by atoms with Gasteiger partial charge in [-0.1, -0.05) is 6.92 Å². The van der Waals surface area contributed by atoms with Gasteiger partial charge >= 0.3 is 0 Å². The van der Waals surface area contributed by atoms with Crippen LogP contribution in [0.15, 0.2) is 15.7 Å². The first-order chi connectivity index (χ1) is 4.33. The molecule has 1 nitrogen and oxygen atoms in total. The average Bonchev–Trinajstić information content (AvgIpc) is 1.88. The lowest BCUT2D eigenvalue weighted by atomic mass is 10.0. The van der Waals surface area contributed by atoms with Gasteiger partial charge in [0.25, 0.3) is 0 Å². The number of aliphatic imine (C=N–C) groups is 1. The van der Waals surface area contributed by atoms with Gasteiger partial charge in [0.15, 0.2) is 0 Å². The van der Waals surface area contributed by atoms with E-state index in [0.29, 0.717) is 5.92 Å². The fourth-order valence-corrected chi connectivity index (χ4v) is 1.38. The molecule has 2 heteroatoms. The highest BCUT2D eigenvalue weighted by molar-refractivity contribution is 9.11. The maximum Gasteiger partial charge on any atom is 0.101 e. The molecule has 0 aromatic heterocycles. The van der Waals surface area contributed by atoms with Gasteiger partial charge in [-0.15, -0.1) is 0 Å². The summed E-state index contributed by atoms with van der Waals surface area (Å²) in [5, 5.41) is 0. The molecule has 0 aromatic carbocycles. The van der Waals surface area contributed by atoms with E-state index >= 15 is 0 Å². The van der Waals surface area contributed by atoms with Gasteiger partial charge in [-0.25, -0.2) is 0 Å². The van der Waals surface area contributed by atoms with E-state index in [9.17, 15) is 0 Å². The Labute approximate surface area is 64.0 Å². The number of allylic oxidation sites excluding steroid dienone is 1. The number of nitrogens with zero attached hydrogens (tertiary/aromatic N) is 1. The van der Waals surface area contributed by atoms with Crippen LogP contribution in [-0.2, 0) is 0 Å². The SMILES string of the molecule is CCC1C=C(Br)N=CC1. The minimum absolute atomic E-state index is 0.705. The zero-order valence-electron chi connectivity index (χ0n) is 5.47. The largest absolute Gasteiger partial charge is 0.254 e. The summed E-state index contributed by atoms with van der Waals surface area (Å²) in [6.45, 7) is 2.20. The molecule has 0 saturated heterocycles. The van der Waals surface area contributed by atoms with Crippen LogP contribution in [0.1, 0.15) is 19.8 Å². The topological polar surface area (TPSA) is 12.4 Å². The molecule has 1 aliphatic heterocycles. The Morgan fingerprint density at radius 2 is 2.67 bits per heavy atom. The van der Waals surface area contributed by atoms with Crippen molar-refractivity contribution in [3.05, 3.63) is 10.7 Å². The normalized spacial score (nSPS) is 26.0. The summed E-state index contributed by atoms with van der Waals surface area (Å²) in [6, 6.07) is 0. The second-order valence-corrected chi connectivity index (χ2v) is 3.02. The van der Waals surface area contributed by atoms with Crippen molar-refractivity contribution in [2.75, 3.05) is 0 Å². The number of halogens is 1. The smallest absolute Gasteiger partial charge is 0.101 e. The first-order valence-electron chi connectivity index (χ1n) is 3.22. The van der Waals surface area contributed by atoms with Crippen LogP contribution in [0.25, 0.3) is 0 Å². The molecule has 0 aliphatic carbocycles. The minimum Gasteiger partial charge on any atom is -0.254 e. The summed E-state index contributed by atoms with van der Waals surface area (Å²) in [4.78, 5) is 4.08. The number of hydrogen-bond donors (Lipinski definition) is 0. The molecule has 0 amide bonds. The highest BCUT2D eigenvalue weighted by Crippen LogP contribution is 2.19. The first-order valence-corrected chi connectivity index (χ1v) is 4.02. The molecule has 0 saturated carbocycles. The third-order valence-corrected chi connectivity index (χ3v) is 1.99. The minimum atomic E-state index is 0.705. The van der Waals surface area contributed by atoms with Crippen molar-refractivity contribution in [2.24, 2.45) is 10.9 Å². The highest BCUT2D eigenvalue weighted by atomic mass is 79.9. The van der Waals surface area contributed by atoms with Crippen LogP contribution in [0, 0.1) is 5.92 Å². The van der Waals surface area contributed by atoms with Gasteiger partial charge in [0, 0.05) is 6.21 Å². The van der Waals surface area contributed by atoms with E-state index in [-0.39, 0.29) is 0 Å². The van der Waals surface area contributed by atoms with Crippen molar-refractivity contribution in [1.29, 1.82) is 0 Å². The summed E-state index contributed by atoms with van der Waals surface area (Å²) >= 11 is 3.33. The van der Waals surface area contributed by atoms with Crippen molar-refractivity contribution in [1.82, 2.24) is 0 Å². The molecule has 0 fully saturated rings. The fraction of sp³-hybridized carbons (Fsp3) is 0.571. The van der Waals surface area contributed by atoms with Crippen LogP contribution in [0.2, 0.25) is 0 Å². The second kappa shape index (κ2) is 3.16. The zero-order chi connectivity index (χ0) is 6.69. The number of hydrogen-bond acceptors (Lipinski definition) is 1. The van der Waals surface area contributed by atoms with E-state index in [1.165, 1.54) is 6.42 Å². The summed E-state index contributed by atoms with van der Waals surface area (Å²) < 4.78 is 0.987. The van der Waals surface area contributed by atoms with Crippen LogP contribution >= 0.6 is 15.9 Å². The molecule has 50 valence electrons. The third-order valence-electron chi connectivity index (χ3n) is 1.52. The Kier molecular flexibility index (Phi) is 2.46. The molecule has 1 rings (SSSR count). The number of rotatable bonds is 1. The standard InChI is InChI=1S/C7H10BrN/c1-2-6-3-4-9-7(8)5-6/h4-6H,2-3H2,1H3. The van der Waals surface area contributed by atoms with Gasteiger partial charge in [-0.2, -0.15) is 0 Å². The lowest BCUT2D eigenvalue weighted by Crippen LogP contribution is -1.99. The Bertz CT molecular complexity index is 149. The molecule has 9 heavy (non-hydrogen) atoms. The molecule has 0 aromatic rings. The maximum atomic E-state index is 4.08. The van der Waals surface area contributed by atoms with E-state index < -0.39 is 0 Å². The molecule has 0 spiro atoms. The van der Waals surface area contributed by atoms with Gasteiger partial charge in [0.05, 0.1) is 0 Å². The van der Waals surface area contributed by atoms with Crippen LogP contribution in [0.3, 0.4) is 0 Å². The molecular formula is C7H10BrN. The first kappa shape index (κ1) is 7.00. The predicted octanol–water partition coefficient (Wildman–Crippen LogP) is 2.72. The lowest BCUT2D eigenvalue weighted by molar-refractivity contribution is 0.652. The van der Waals surface area contributed by atoms with Crippen molar-refractivity contribution in [2.45, 2.75) is 19.8 Å². The second-order valence-electron chi connectivity index (χ2n) is 2.21. The van der Waals surface area contributed by atoms with Crippen molar-refractivity contribution >= 4 is 22.1 Å². The quantitative estimate of drug-likeness (QED) is 0.561. The van der Waals surface area contributed by atoms with E-state index in [0.717, 1.165) is 11.0 Å². The lowest BCUT2D eigenvalue weighted by Gasteiger charge is -2.09. The molecular weight excluding hydrogens is 178 g/mol. The zero-order valence-corrected chi connectivity index (χ0v) is 7.06. The van der Waals surface area contributed by atoms with Crippen molar-refractivity contribution < 1.29 is 0 Å². The maximum absolute atomic E-state index is 4.08.